The molecule has 136 valence electrons. The van der Waals surface area contributed by atoms with Crippen LogP contribution in [0, 0.1) is 0 Å². The Kier molecular flexibility index (Phi) is 5.16. The van der Waals surface area contributed by atoms with E-state index in [-0.39, 0.29) is 25.3 Å². The van der Waals surface area contributed by atoms with Gasteiger partial charge >= 0.3 is 0 Å². The molecular weight excluding hydrogens is 332 g/mol. The summed E-state index contributed by atoms with van der Waals surface area (Å²) in [7, 11) is 0. The van der Waals surface area contributed by atoms with Gasteiger partial charge in [0.25, 0.3) is 0 Å². The standard InChI is InChI=1S/C19H24N2O2S.CH4/c1-13(18-20-15-6-2-3-7-16(15)24-18)11-17(22)21-10-9-19(23)8-4-5-14(21)12-19;/h2-3,6-7,13-14,23H,4-5,8-12H2,1H3;1H4. The molecule has 3 atom stereocenters. The van der Waals surface area contributed by atoms with Gasteiger partial charge in [-0.15, -0.1) is 11.3 Å². The predicted molar refractivity (Wildman–Crippen MR) is 103 cm³/mol. The van der Waals surface area contributed by atoms with Gasteiger partial charge in [-0.3, -0.25) is 4.79 Å². The number of likely N-dealkylation sites (tertiary alicyclic amines) is 1. The molecule has 1 saturated carbocycles. The van der Waals surface area contributed by atoms with Crippen LogP contribution in [-0.4, -0.2) is 39.1 Å². The fraction of sp³-hybridized carbons (Fsp3) is 0.600. The van der Waals surface area contributed by atoms with Crippen molar-refractivity contribution in [2.75, 3.05) is 6.54 Å². The van der Waals surface area contributed by atoms with Crippen molar-refractivity contribution in [3.63, 3.8) is 0 Å². The van der Waals surface area contributed by atoms with E-state index in [1.165, 1.54) is 4.70 Å². The monoisotopic (exact) mass is 360 g/mol. The van der Waals surface area contributed by atoms with Crippen molar-refractivity contribution >= 4 is 27.5 Å². The van der Waals surface area contributed by atoms with Crippen LogP contribution in [0.25, 0.3) is 10.2 Å². The Morgan fingerprint density at radius 1 is 1.44 bits per heavy atom. The molecule has 2 aromatic rings. The van der Waals surface area contributed by atoms with Gasteiger partial charge in [0.05, 0.1) is 20.8 Å². The van der Waals surface area contributed by atoms with Crippen LogP contribution in [0.4, 0.5) is 0 Å². The third-order valence-electron chi connectivity index (χ3n) is 5.59. The second kappa shape index (κ2) is 7.04. The van der Waals surface area contributed by atoms with E-state index < -0.39 is 5.60 Å². The second-order valence-corrected chi connectivity index (χ2v) is 8.50. The van der Waals surface area contributed by atoms with Gasteiger partial charge in [0, 0.05) is 24.9 Å². The summed E-state index contributed by atoms with van der Waals surface area (Å²) in [5.41, 5.74) is 0.505. The number of aromatic nitrogens is 1. The molecule has 4 nitrogen and oxygen atoms in total. The molecule has 1 aliphatic carbocycles. The molecule has 0 spiro atoms. The normalized spacial score (nSPS) is 27.0. The highest BCUT2D eigenvalue weighted by molar-refractivity contribution is 7.18. The Bertz CT molecular complexity index is 726. The lowest BCUT2D eigenvalue weighted by Gasteiger charge is -2.48. The first-order chi connectivity index (χ1) is 11.5. The summed E-state index contributed by atoms with van der Waals surface area (Å²) in [6.45, 7) is 2.79. The number of fused-ring (bicyclic) bond motifs is 3. The van der Waals surface area contributed by atoms with Crippen LogP contribution in [0.1, 0.15) is 63.8 Å². The number of amides is 1. The van der Waals surface area contributed by atoms with E-state index in [1.807, 2.05) is 23.1 Å². The van der Waals surface area contributed by atoms with Crippen molar-refractivity contribution in [2.45, 2.75) is 70.4 Å². The van der Waals surface area contributed by atoms with Crippen molar-refractivity contribution in [3.05, 3.63) is 29.3 Å². The minimum absolute atomic E-state index is 0. The maximum atomic E-state index is 12.8. The first-order valence-electron chi connectivity index (χ1n) is 8.91. The molecule has 2 fully saturated rings. The number of thiazole rings is 1. The van der Waals surface area contributed by atoms with Crippen LogP contribution >= 0.6 is 11.3 Å². The number of para-hydroxylation sites is 1. The lowest BCUT2D eigenvalue weighted by atomic mass is 9.76. The maximum Gasteiger partial charge on any atom is 0.223 e. The first kappa shape index (κ1) is 18.3. The van der Waals surface area contributed by atoms with Crippen LogP contribution in [0.5, 0.6) is 0 Å². The third kappa shape index (κ3) is 3.58. The van der Waals surface area contributed by atoms with Gasteiger partial charge in [-0.2, -0.15) is 0 Å². The lowest BCUT2D eigenvalue weighted by Crippen LogP contribution is -2.55. The largest absolute Gasteiger partial charge is 0.390 e. The van der Waals surface area contributed by atoms with Crippen LogP contribution in [0.2, 0.25) is 0 Å². The predicted octanol–water partition coefficient (Wildman–Crippen LogP) is 4.33. The van der Waals surface area contributed by atoms with E-state index in [1.54, 1.807) is 11.3 Å². The van der Waals surface area contributed by atoms with Crippen molar-refractivity contribution in [2.24, 2.45) is 0 Å². The number of rotatable bonds is 3. The average Bonchev–Trinajstić information content (AvgIpc) is 2.98. The molecule has 1 aromatic heterocycles. The molecule has 2 bridgehead atoms. The van der Waals surface area contributed by atoms with Crippen molar-refractivity contribution in [1.82, 2.24) is 9.88 Å². The van der Waals surface area contributed by atoms with E-state index in [2.05, 4.69) is 13.0 Å². The SMILES string of the molecule is C.CC(CC(=O)N1CCC2(O)CCCC1C2)c1nc2ccccc2s1. The molecule has 3 unspecified atom stereocenters. The zero-order chi connectivity index (χ0) is 16.7. The van der Waals surface area contributed by atoms with Crippen LogP contribution in [0.3, 0.4) is 0 Å². The molecule has 25 heavy (non-hydrogen) atoms. The molecule has 1 saturated heterocycles. The van der Waals surface area contributed by atoms with Crippen molar-refractivity contribution < 1.29 is 9.90 Å². The molecule has 1 amide bonds. The minimum atomic E-state index is -0.516. The van der Waals surface area contributed by atoms with Crippen LogP contribution in [0.15, 0.2) is 24.3 Å². The number of benzene rings is 1. The zero-order valence-corrected chi connectivity index (χ0v) is 14.9. The number of nitrogens with zero attached hydrogens (tertiary/aromatic N) is 2. The first-order valence-corrected chi connectivity index (χ1v) is 9.73. The van der Waals surface area contributed by atoms with Crippen molar-refractivity contribution in [1.29, 1.82) is 0 Å². The van der Waals surface area contributed by atoms with Gasteiger partial charge < -0.3 is 10.0 Å². The third-order valence-corrected chi connectivity index (χ3v) is 6.85. The summed E-state index contributed by atoms with van der Waals surface area (Å²) in [5.74, 6) is 0.356. The van der Waals surface area contributed by atoms with Gasteiger partial charge in [-0.05, 0) is 44.2 Å². The van der Waals surface area contributed by atoms with E-state index in [4.69, 9.17) is 4.98 Å². The summed E-state index contributed by atoms with van der Waals surface area (Å²) in [4.78, 5) is 19.5. The second-order valence-electron chi connectivity index (χ2n) is 7.44. The number of hydrogen-bond donors (Lipinski definition) is 1. The Labute approximate surface area is 153 Å². The smallest absolute Gasteiger partial charge is 0.223 e. The molecule has 1 aromatic carbocycles. The summed E-state index contributed by atoms with van der Waals surface area (Å²) in [5, 5.41) is 11.5. The van der Waals surface area contributed by atoms with Crippen LogP contribution in [-0.2, 0) is 4.79 Å². The van der Waals surface area contributed by atoms with E-state index in [9.17, 15) is 9.90 Å². The molecule has 1 aliphatic heterocycles. The fourth-order valence-corrected chi connectivity index (χ4v) is 5.23. The minimum Gasteiger partial charge on any atom is -0.390 e. The molecule has 2 heterocycles. The Balaban J connectivity index is 0.00000182. The molecule has 5 heteroatoms. The quantitative estimate of drug-likeness (QED) is 0.886. The Hall–Kier alpha value is -1.46. The Morgan fingerprint density at radius 3 is 3.04 bits per heavy atom. The van der Waals surface area contributed by atoms with E-state index in [0.717, 1.165) is 42.6 Å². The van der Waals surface area contributed by atoms with E-state index in [0.29, 0.717) is 13.0 Å². The topological polar surface area (TPSA) is 53.4 Å². The molecular formula is C20H28N2O2S. The van der Waals surface area contributed by atoms with Gasteiger partial charge in [0.15, 0.2) is 0 Å². The molecule has 0 radical (unpaired) electrons. The fourth-order valence-electron chi connectivity index (χ4n) is 4.21. The molecule has 4 rings (SSSR count). The lowest BCUT2D eigenvalue weighted by molar-refractivity contribution is -0.144. The highest BCUT2D eigenvalue weighted by atomic mass is 32.1. The summed E-state index contributed by atoms with van der Waals surface area (Å²) < 4.78 is 1.18. The number of carbonyl (C=O) groups excluding carboxylic acids is 1. The zero-order valence-electron chi connectivity index (χ0n) is 14.1. The summed E-state index contributed by atoms with van der Waals surface area (Å²) in [6, 6.07) is 8.36. The summed E-state index contributed by atoms with van der Waals surface area (Å²) in [6.07, 6.45) is 4.95. The molecule has 1 N–H and O–H groups in total. The van der Waals surface area contributed by atoms with Crippen LogP contribution < -0.4 is 0 Å². The maximum absolute atomic E-state index is 12.8. The van der Waals surface area contributed by atoms with E-state index >= 15 is 0 Å². The Morgan fingerprint density at radius 2 is 2.24 bits per heavy atom. The highest BCUT2D eigenvalue weighted by Crippen LogP contribution is 2.39. The van der Waals surface area contributed by atoms with Crippen molar-refractivity contribution in [3.8, 4) is 0 Å². The summed E-state index contributed by atoms with van der Waals surface area (Å²) >= 11 is 1.69. The number of hydrogen-bond acceptors (Lipinski definition) is 4. The van der Waals surface area contributed by atoms with Gasteiger partial charge in [-0.25, -0.2) is 4.98 Å². The number of aliphatic hydroxyl groups is 1. The number of piperidine rings is 1. The van der Waals surface area contributed by atoms with Gasteiger partial charge in [-0.1, -0.05) is 26.5 Å². The average molecular weight is 361 g/mol. The highest BCUT2D eigenvalue weighted by Gasteiger charge is 2.42. The van der Waals surface area contributed by atoms with Gasteiger partial charge in [0.2, 0.25) is 5.91 Å². The van der Waals surface area contributed by atoms with Gasteiger partial charge in [0.1, 0.15) is 0 Å². The molecule has 2 aliphatic rings. The number of carbonyl (C=O) groups is 1.